The van der Waals surface area contributed by atoms with Crippen LogP contribution in [0.5, 0.6) is 0 Å². The van der Waals surface area contributed by atoms with Crippen LogP contribution in [0.3, 0.4) is 0 Å². The Morgan fingerprint density at radius 3 is 2.96 bits per heavy atom. The second kappa shape index (κ2) is 9.50. The summed E-state index contributed by atoms with van der Waals surface area (Å²) in [6.45, 7) is 1.54. The van der Waals surface area contributed by atoms with Gasteiger partial charge in [-0.25, -0.2) is 9.67 Å². The average molecular weight is 358 g/mol. The molecule has 0 spiro atoms. The smallest absolute Gasteiger partial charge is 0.221 e. The van der Waals surface area contributed by atoms with Gasteiger partial charge in [0, 0.05) is 37.6 Å². The molecule has 1 aliphatic heterocycles. The Hall–Kier alpha value is -1.63. The fourth-order valence-electron chi connectivity index (χ4n) is 2.53. The third-order valence-electron chi connectivity index (χ3n) is 3.63. The van der Waals surface area contributed by atoms with Gasteiger partial charge in [-0.15, -0.1) is 24.8 Å². The van der Waals surface area contributed by atoms with E-state index in [1.165, 1.54) is 0 Å². The largest absolute Gasteiger partial charge is 0.352 e. The molecule has 8 heteroatoms. The van der Waals surface area contributed by atoms with Crippen molar-refractivity contribution in [2.45, 2.75) is 31.8 Å². The van der Waals surface area contributed by atoms with Gasteiger partial charge in [-0.2, -0.15) is 5.10 Å². The van der Waals surface area contributed by atoms with Crippen molar-refractivity contribution in [2.24, 2.45) is 0 Å². The van der Waals surface area contributed by atoms with Gasteiger partial charge in [-0.05, 0) is 43.1 Å². The number of carbonyl (C=O) groups excluding carboxylic acids is 1. The van der Waals surface area contributed by atoms with E-state index in [4.69, 9.17) is 0 Å². The van der Waals surface area contributed by atoms with Gasteiger partial charge in [0.1, 0.15) is 0 Å². The fraction of sp³-hybridized carbons (Fsp3) is 0.400. The van der Waals surface area contributed by atoms with Gasteiger partial charge < -0.3 is 10.6 Å². The van der Waals surface area contributed by atoms with Crippen molar-refractivity contribution in [3.63, 3.8) is 0 Å². The van der Waals surface area contributed by atoms with Crippen molar-refractivity contribution in [3.05, 3.63) is 42.4 Å². The molecule has 1 atom stereocenters. The van der Waals surface area contributed by atoms with Crippen molar-refractivity contribution < 1.29 is 4.79 Å². The van der Waals surface area contributed by atoms with Crippen LogP contribution in [0.2, 0.25) is 0 Å². The molecule has 0 radical (unpaired) electrons. The third-order valence-corrected chi connectivity index (χ3v) is 3.63. The van der Waals surface area contributed by atoms with Gasteiger partial charge in [0.05, 0.1) is 0 Å². The normalized spacial score (nSPS) is 16.3. The predicted octanol–water partition coefficient (Wildman–Crippen LogP) is 1.87. The highest BCUT2D eigenvalue weighted by molar-refractivity contribution is 5.85. The van der Waals surface area contributed by atoms with E-state index in [0.717, 1.165) is 30.8 Å². The van der Waals surface area contributed by atoms with E-state index in [0.29, 0.717) is 19.0 Å². The van der Waals surface area contributed by atoms with Crippen LogP contribution in [0.4, 0.5) is 0 Å². The highest BCUT2D eigenvalue weighted by atomic mass is 35.5. The summed E-state index contributed by atoms with van der Waals surface area (Å²) >= 11 is 0. The van der Waals surface area contributed by atoms with Crippen molar-refractivity contribution in [3.8, 4) is 5.82 Å². The third kappa shape index (κ3) is 5.49. The molecule has 6 nitrogen and oxygen atoms in total. The number of amides is 1. The number of aromatic nitrogens is 3. The summed E-state index contributed by atoms with van der Waals surface area (Å²) in [6.07, 6.45) is 8.09. The van der Waals surface area contributed by atoms with Crippen LogP contribution in [0.1, 0.15) is 24.8 Å². The Morgan fingerprint density at radius 1 is 1.39 bits per heavy atom. The molecule has 2 N–H and O–H groups in total. The lowest BCUT2D eigenvalue weighted by atomic mass is 10.1. The lowest BCUT2D eigenvalue weighted by molar-refractivity contribution is -0.121. The molecule has 0 saturated carbocycles. The second-order valence-corrected chi connectivity index (χ2v) is 5.25. The number of carbonyl (C=O) groups is 1. The Labute approximate surface area is 147 Å². The number of pyridine rings is 1. The Kier molecular flexibility index (Phi) is 8.02. The van der Waals surface area contributed by atoms with Crippen LogP contribution >= 0.6 is 24.8 Å². The zero-order chi connectivity index (χ0) is 14.5. The zero-order valence-electron chi connectivity index (χ0n) is 12.6. The van der Waals surface area contributed by atoms with E-state index < -0.39 is 0 Å². The maximum atomic E-state index is 11.9. The van der Waals surface area contributed by atoms with E-state index in [2.05, 4.69) is 20.7 Å². The lowest BCUT2D eigenvalue weighted by Gasteiger charge is -2.11. The van der Waals surface area contributed by atoms with E-state index in [1.54, 1.807) is 17.1 Å². The quantitative estimate of drug-likeness (QED) is 0.856. The molecule has 2 aromatic rings. The van der Waals surface area contributed by atoms with Gasteiger partial charge in [0.15, 0.2) is 5.82 Å². The molecule has 1 fully saturated rings. The van der Waals surface area contributed by atoms with Crippen LogP contribution in [0.15, 0.2) is 36.8 Å². The maximum absolute atomic E-state index is 11.9. The highest BCUT2D eigenvalue weighted by Crippen LogP contribution is 2.09. The summed E-state index contributed by atoms with van der Waals surface area (Å²) in [5, 5.41) is 10.4. The first-order valence-corrected chi connectivity index (χ1v) is 7.26. The Balaban J connectivity index is 0.00000132. The molecule has 1 saturated heterocycles. The van der Waals surface area contributed by atoms with Crippen molar-refractivity contribution in [2.75, 3.05) is 6.54 Å². The van der Waals surface area contributed by atoms with Gasteiger partial charge in [-0.3, -0.25) is 4.79 Å². The molecule has 0 bridgehead atoms. The number of hydrogen-bond acceptors (Lipinski definition) is 4. The minimum Gasteiger partial charge on any atom is -0.352 e. The van der Waals surface area contributed by atoms with Crippen LogP contribution < -0.4 is 10.6 Å². The van der Waals surface area contributed by atoms with Gasteiger partial charge in [-0.1, -0.05) is 0 Å². The predicted molar refractivity (Wildman–Crippen MR) is 93.3 cm³/mol. The molecule has 126 valence electrons. The molecule has 1 aliphatic rings. The van der Waals surface area contributed by atoms with Crippen molar-refractivity contribution >= 4 is 30.7 Å². The number of hydrogen-bond donors (Lipinski definition) is 2. The number of halogens is 2. The second-order valence-electron chi connectivity index (χ2n) is 5.25. The van der Waals surface area contributed by atoms with E-state index >= 15 is 0 Å². The van der Waals surface area contributed by atoms with Crippen LogP contribution in [0.25, 0.3) is 5.82 Å². The Bertz CT molecular complexity index is 600. The number of rotatable bonds is 5. The summed E-state index contributed by atoms with van der Waals surface area (Å²) < 4.78 is 1.70. The average Bonchev–Trinajstić information content (AvgIpc) is 3.19. The topological polar surface area (TPSA) is 71.8 Å². The summed E-state index contributed by atoms with van der Waals surface area (Å²) in [6, 6.07) is 6.02. The summed E-state index contributed by atoms with van der Waals surface area (Å²) in [5.41, 5.74) is 1.02. The van der Waals surface area contributed by atoms with Gasteiger partial charge >= 0.3 is 0 Å². The van der Waals surface area contributed by atoms with Crippen LogP contribution in [0, 0.1) is 0 Å². The van der Waals surface area contributed by atoms with Crippen molar-refractivity contribution in [1.29, 1.82) is 0 Å². The van der Waals surface area contributed by atoms with Crippen molar-refractivity contribution in [1.82, 2.24) is 25.4 Å². The SMILES string of the molecule is Cl.Cl.O=C(CC1CCCN1)NCc1ccnc(-n2cccn2)c1. The minimum atomic E-state index is 0. The molecule has 2 aromatic heterocycles. The lowest BCUT2D eigenvalue weighted by Crippen LogP contribution is -2.31. The summed E-state index contributed by atoms with van der Waals surface area (Å²) in [7, 11) is 0. The number of nitrogens with zero attached hydrogens (tertiary/aromatic N) is 3. The Morgan fingerprint density at radius 2 is 2.26 bits per heavy atom. The molecule has 0 aromatic carbocycles. The van der Waals surface area contributed by atoms with E-state index in [1.807, 2.05) is 24.4 Å². The fourth-order valence-corrected chi connectivity index (χ4v) is 2.53. The summed E-state index contributed by atoms with van der Waals surface area (Å²) in [4.78, 5) is 16.2. The van der Waals surface area contributed by atoms with Crippen LogP contribution in [-0.4, -0.2) is 33.3 Å². The van der Waals surface area contributed by atoms with E-state index in [-0.39, 0.29) is 30.7 Å². The molecule has 1 unspecified atom stereocenters. The van der Waals surface area contributed by atoms with Gasteiger partial charge in [0.25, 0.3) is 0 Å². The standard InChI is InChI=1S/C15H19N5O.2ClH/c21-15(10-13-3-1-5-16-13)18-11-12-4-7-17-14(9-12)20-8-2-6-19-20;;/h2,4,6-9,13,16H,1,3,5,10-11H2,(H,18,21);2*1H. The van der Waals surface area contributed by atoms with Crippen LogP contribution in [-0.2, 0) is 11.3 Å². The molecular formula is C15H21Cl2N5O. The summed E-state index contributed by atoms with van der Waals surface area (Å²) in [5.74, 6) is 0.844. The molecule has 0 aliphatic carbocycles. The molecule has 1 amide bonds. The highest BCUT2D eigenvalue weighted by Gasteiger charge is 2.17. The van der Waals surface area contributed by atoms with Gasteiger partial charge in [0.2, 0.25) is 5.91 Å². The zero-order valence-corrected chi connectivity index (χ0v) is 14.3. The molecular weight excluding hydrogens is 337 g/mol. The first-order chi connectivity index (χ1) is 10.3. The molecule has 23 heavy (non-hydrogen) atoms. The maximum Gasteiger partial charge on any atom is 0.221 e. The minimum absolute atomic E-state index is 0. The monoisotopic (exact) mass is 357 g/mol. The molecule has 3 rings (SSSR count). The first kappa shape index (κ1) is 19.4. The first-order valence-electron chi connectivity index (χ1n) is 7.26. The van der Waals surface area contributed by atoms with E-state index in [9.17, 15) is 4.79 Å². The number of nitrogens with one attached hydrogen (secondary N) is 2. The molecule has 3 heterocycles.